The number of halogens is 2. The summed E-state index contributed by atoms with van der Waals surface area (Å²) in [6.07, 6.45) is 0. The van der Waals surface area contributed by atoms with Crippen LogP contribution in [0.15, 0.2) is 24.0 Å². The number of imidazole rings is 1. The predicted molar refractivity (Wildman–Crippen MR) is 72.9 cm³/mol. The molecule has 0 aliphatic carbocycles. The number of nitrogens with zero attached hydrogens (tertiary/aromatic N) is 2. The molecule has 100 valence electrons. The van der Waals surface area contributed by atoms with Crippen LogP contribution in [0, 0.1) is 17.0 Å². The van der Waals surface area contributed by atoms with Crippen LogP contribution < -0.4 is 0 Å². The summed E-state index contributed by atoms with van der Waals surface area (Å²) in [6, 6.07) is 5.34. The molecule has 2 N–H and O–H groups in total. The van der Waals surface area contributed by atoms with Gasteiger partial charge < -0.3 is 10.1 Å². The second-order valence-electron chi connectivity index (χ2n) is 3.90. The van der Waals surface area contributed by atoms with Crippen molar-refractivity contribution in [3.63, 3.8) is 0 Å². The van der Waals surface area contributed by atoms with Crippen molar-refractivity contribution in [3.8, 4) is 0 Å². The van der Waals surface area contributed by atoms with Crippen molar-refractivity contribution in [2.75, 3.05) is 0 Å². The van der Waals surface area contributed by atoms with E-state index in [2.05, 4.69) is 9.97 Å². The molecule has 8 heteroatoms. The number of aryl methyl sites for hydroxylation is 1. The Morgan fingerprint density at radius 1 is 1.53 bits per heavy atom. The second-order valence-corrected chi connectivity index (χ2v) is 4.99. The third-order valence-corrected chi connectivity index (χ3v) is 2.91. The molecule has 0 atom stereocenters. The van der Waals surface area contributed by atoms with Crippen molar-refractivity contribution in [2.24, 2.45) is 0 Å². The fourth-order valence-electron chi connectivity index (χ4n) is 1.64. The van der Waals surface area contributed by atoms with E-state index in [1.807, 2.05) is 13.0 Å². The van der Waals surface area contributed by atoms with Crippen LogP contribution in [0.2, 0.25) is 0 Å². The van der Waals surface area contributed by atoms with Gasteiger partial charge in [-0.05, 0) is 24.6 Å². The fraction of sp³-hybridized carbons (Fsp3) is 0.182. The zero-order valence-corrected chi connectivity index (χ0v) is 11.2. The van der Waals surface area contributed by atoms with Crippen LogP contribution in [0.25, 0.3) is 16.7 Å². The van der Waals surface area contributed by atoms with E-state index >= 15 is 0 Å². The minimum atomic E-state index is -1.39. The molecule has 2 aromatic rings. The Hall–Kier alpha value is -1.79. The monoisotopic (exact) mass is 301 g/mol. The average Bonchev–Trinajstić information content (AvgIpc) is 2.70. The number of allylic oxidation sites excluding steroid dienone is 1. The third kappa shape index (κ3) is 2.64. The first-order chi connectivity index (χ1) is 8.90. The van der Waals surface area contributed by atoms with Crippen LogP contribution >= 0.6 is 23.2 Å². The molecule has 0 radical (unpaired) electrons. The van der Waals surface area contributed by atoms with E-state index in [0.29, 0.717) is 11.0 Å². The van der Waals surface area contributed by atoms with Gasteiger partial charge in [-0.3, -0.25) is 10.1 Å². The molecule has 0 spiro atoms. The summed E-state index contributed by atoms with van der Waals surface area (Å²) >= 11 is 10.9. The molecule has 1 heterocycles. The molecule has 0 amide bonds. The molecule has 6 nitrogen and oxygen atoms in total. The lowest BCUT2D eigenvalue weighted by Gasteiger charge is -2.00. The lowest BCUT2D eigenvalue weighted by molar-refractivity contribution is -0.378. The molecule has 0 saturated carbocycles. The summed E-state index contributed by atoms with van der Waals surface area (Å²) in [5, 5.41) is 20.6. The SMILES string of the molecule is Cc1ccc2nc(/C(=C(\O)C(Cl)Cl)[N+](=O)[O-])[nH]c2c1. The van der Waals surface area contributed by atoms with E-state index in [0.717, 1.165) is 5.56 Å². The maximum Gasteiger partial charge on any atom is 0.351 e. The van der Waals surface area contributed by atoms with Gasteiger partial charge in [0.15, 0.2) is 4.84 Å². The Morgan fingerprint density at radius 2 is 2.21 bits per heavy atom. The lowest BCUT2D eigenvalue weighted by atomic mass is 10.2. The van der Waals surface area contributed by atoms with E-state index in [-0.39, 0.29) is 5.82 Å². The molecule has 1 aromatic heterocycles. The first-order valence-electron chi connectivity index (χ1n) is 5.22. The van der Waals surface area contributed by atoms with Crippen LogP contribution in [0.3, 0.4) is 0 Å². The number of fused-ring (bicyclic) bond motifs is 1. The summed E-state index contributed by atoms with van der Waals surface area (Å²) < 4.78 is 0. The van der Waals surface area contributed by atoms with Gasteiger partial charge in [0.1, 0.15) is 0 Å². The number of alkyl halides is 2. The number of hydrogen-bond donors (Lipinski definition) is 2. The number of aliphatic hydroxyl groups excluding tert-OH is 1. The highest BCUT2D eigenvalue weighted by Crippen LogP contribution is 2.24. The van der Waals surface area contributed by atoms with Gasteiger partial charge in [0.2, 0.25) is 11.6 Å². The smallest absolute Gasteiger partial charge is 0.351 e. The molecule has 1 aromatic carbocycles. The molecule has 2 rings (SSSR count). The van der Waals surface area contributed by atoms with Gasteiger partial charge in [0.25, 0.3) is 0 Å². The second kappa shape index (κ2) is 5.07. The molecular weight excluding hydrogens is 293 g/mol. The van der Waals surface area contributed by atoms with E-state index < -0.39 is 21.2 Å². The number of hydrogen-bond acceptors (Lipinski definition) is 4. The molecular formula is C11H9Cl2N3O3. The fourth-order valence-corrected chi connectivity index (χ4v) is 1.85. The summed E-state index contributed by atoms with van der Waals surface area (Å²) in [5.41, 5.74) is 1.52. The van der Waals surface area contributed by atoms with Gasteiger partial charge in [-0.1, -0.05) is 29.3 Å². The first kappa shape index (κ1) is 13.6. The van der Waals surface area contributed by atoms with Crippen LogP contribution in [-0.4, -0.2) is 24.8 Å². The van der Waals surface area contributed by atoms with Crippen molar-refractivity contribution in [3.05, 3.63) is 45.5 Å². The number of rotatable bonds is 3. The van der Waals surface area contributed by atoms with Crippen molar-refractivity contribution in [2.45, 2.75) is 11.8 Å². The molecule has 0 bridgehead atoms. The van der Waals surface area contributed by atoms with Gasteiger partial charge in [-0.25, -0.2) is 4.98 Å². The maximum absolute atomic E-state index is 11.0. The highest BCUT2D eigenvalue weighted by Gasteiger charge is 2.28. The number of aromatic amines is 1. The number of aromatic nitrogens is 2. The zero-order chi connectivity index (χ0) is 14.2. The molecule has 0 saturated heterocycles. The Morgan fingerprint density at radius 3 is 2.79 bits per heavy atom. The van der Waals surface area contributed by atoms with Gasteiger partial charge >= 0.3 is 5.70 Å². The standard InChI is InChI=1S/C11H9Cl2N3O3/c1-5-2-3-6-7(4-5)15-11(14-6)8(16(18)19)9(17)10(12)13/h2-4,10,17H,1H3,(H,14,15)/b9-8+. The van der Waals surface area contributed by atoms with E-state index in [4.69, 9.17) is 23.2 Å². The normalized spacial score (nSPS) is 12.8. The highest BCUT2D eigenvalue weighted by atomic mass is 35.5. The van der Waals surface area contributed by atoms with Crippen molar-refractivity contribution in [1.82, 2.24) is 9.97 Å². The largest absolute Gasteiger partial charge is 0.504 e. The summed E-state index contributed by atoms with van der Waals surface area (Å²) in [5.74, 6) is -0.835. The maximum atomic E-state index is 11.0. The molecule has 19 heavy (non-hydrogen) atoms. The van der Waals surface area contributed by atoms with Crippen LogP contribution in [0.1, 0.15) is 11.4 Å². The van der Waals surface area contributed by atoms with Crippen LogP contribution in [0.5, 0.6) is 0 Å². The van der Waals surface area contributed by atoms with E-state index in [1.54, 1.807) is 12.1 Å². The average molecular weight is 302 g/mol. The Kier molecular flexibility index (Phi) is 3.64. The number of H-pyrrole nitrogens is 1. The van der Waals surface area contributed by atoms with Gasteiger partial charge in [-0.2, -0.15) is 0 Å². The Balaban J connectivity index is 2.64. The molecule has 0 aliphatic heterocycles. The summed E-state index contributed by atoms with van der Waals surface area (Å²) in [7, 11) is 0. The summed E-state index contributed by atoms with van der Waals surface area (Å²) in [4.78, 5) is 15.6. The van der Waals surface area contributed by atoms with Crippen LogP contribution in [-0.2, 0) is 0 Å². The third-order valence-electron chi connectivity index (χ3n) is 2.49. The van der Waals surface area contributed by atoms with Gasteiger partial charge in [0.05, 0.1) is 16.0 Å². The molecule has 0 fully saturated rings. The van der Waals surface area contributed by atoms with E-state index in [9.17, 15) is 15.2 Å². The van der Waals surface area contributed by atoms with Crippen LogP contribution in [0.4, 0.5) is 0 Å². The predicted octanol–water partition coefficient (Wildman–Crippen LogP) is 3.18. The quantitative estimate of drug-likeness (QED) is 0.394. The van der Waals surface area contributed by atoms with Crippen molar-refractivity contribution < 1.29 is 10.0 Å². The number of benzene rings is 1. The number of aliphatic hydroxyl groups is 1. The summed E-state index contributed by atoms with van der Waals surface area (Å²) in [6.45, 7) is 1.88. The molecule has 0 unspecified atom stereocenters. The first-order valence-corrected chi connectivity index (χ1v) is 6.10. The zero-order valence-electron chi connectivity index (χ0n) is 9.72. The number of nitro groups is 1. The van der Waals surface area contributed by atoms with Gasteiger partial charge in [-0.15, -0.1) is 0 Å². The minimum absolute atomic E-state index is 0.0885. The topological polar surface area (TPSA) is 92.1 Å². The lowest BCUT2D eigenvalue weighted by Crippen LogP contribution is -2.08. The van der Waals surface area contributed by atoms with Gasteiger partial charge in [0, 0.05) is 0 Å². The number of nitrogens with one attached hydrogen (secondary N) is 1. The van der Waals surface area contributed by atoms with E-state index in [1.165, 1.54) is 0 Å². The van der Waals surface area contributed by atoms with Crippen molar-refractivity contribution in [1.29, 1.82) is 0 Å². The highest BCUT2D eigenvalue weighted by molar-refractivity contribution is 6.46. The Labute approximate surface area is 117 Å². The van der Waals surface area contributed by atoms with Crippen molar-refractivity contribution >= 4 is 39.9 Å². The Bertz CT molecular complexity index is 679. The molecule has 0 aliphatic rings. The minimum Gasteiger partial charge on any atom is -0.504 e.